The summed E-state index contributed by atoms with van der Waals surface area (Å²) in [6.45, 7) is 8.35. The van der Waals surface area contributed by atoms with Crippen molar-refractivity contribution in [2.45, 2.75) is 52.4 Å². The van der Waals surface area contributed by atoms with Crippen LogP contribution in [0.4, 0.5) is 11.4 Å². The molecule has 0 aromatic heterocycles. The second-order valence-electron chi connectivity index (χ2n) is 7.08. The average molecular weight is 352 g/mol. The highest BCUT2D eigenvalue weighted by Gasteiger charge is 2.13. The topological polar surface area (TPSA) is 58.2 Å². The first-order valence-corrected chi connectivity index (χ1v) is 9.16. The molecule has 0 heterocycles. The Bertz CT molecular complexity index is 701. The molecule has 0 radical (unpaired) electrons. The van der Waals surface area contributed by atoms with Crippen LogP contribution in [0.25, 0.3) is 0 Å². The number of anilines is 2. The molecule has 4 heteroatoms. The van der Waals surface area contributed by atoms with Crippen LogP contribution in [0.15, 0.2) is 48.5 Å². The van der Waals surface area contributed by atoms with Crippen molar-refractivity contribution >= 4 is 23.2 Å². The van der Waals surface area contributed by atoms with Gasteiger partial charge in [0.1, 0.15) is 0 Å². The zero-order valence-corrected chi connectivity index (χ0v) is 16.0. The van der Waals surface area contributed by atoms with E-state index in [0.717, 1.165) is 22.5 Å². The Hall–Kier alpha value is -2.62. The van der Waals surface area contributed by atoms with Crippen LogP contribution >= 0.6 is 0 Å². The third-order valence-electron chi connectivity index (χ3n) is 4.29. The number of rotatable bonds is 7. The third-order valence-corrected chi connectivity index (χ3v) is 4.29. The van der Waals surface area contributed by atoms with Crippen molar-refractivity contribution in [2.24, 2.45) is 0 Å². The molecule has 0 atom stereocenters. The minimum atomic E-state index is -0.148. The van der Waals surface area contributed by atoms with E-state index in [4.69, 9.17) is 0 Å². The Labute approximate surface area is 156 Å². The third kappa shape index (κ3) is 5.45. The lowest BCUT2D eigenvalue weighted by Gasteiger charge is -2.14. The van der Waals surface area contributed by atoms with E-state index >= 15 is 0 Å². The average Bonchev–Trinajstić information content (AvgIpc) is 2.60. The zero-order valence-electron chi connectivity index (χ0n) is 16.0. The SMILES string of the molecule is CC(C)c1ccccc1NC(=O)CCC(=O)Nc1ccccc1C(C)C. The van der Waals surface area contributed by atoms with Crippen molar-refractivity contribution in [3.63, 3.8) is 0 Å². The molecule has 0 aliphatic rings. The fourth-order valence-corrected chi connectivity index (χ4v) is 2.88. The molecule has 2 aromatic rings. The predicted octanol–water partition coefficient (Wildman–Crippen LogP) is 5.29. The normalized spacial score (nSPS) is 10.8. The molecule has 26 heavy (non-hydrogen) atoms. The van der Waals surface area contributed by atoms with Crippen molar-refractivity contribution in [1.29, 1.82) is 0 Å². The summed E-state index contributed by atoms with van der Waals surface area (Å²) in [5, 5.41) is 5.84. The number of hydrogen-bond acceptors (Lipinski definition) is 2. The van der Waals surface area contributed by atoms with E-state index in [1.165, 1.54) is 0 Å². The van der Waals surface area contributed by atoms with Crippen LogP contribution in [-0.4, -0.2) is 11.8 Å². The molecule has 2 amide bonds. The number of nitrogens with one attached hydrogen (secondary N) is 2. The van der Waals surface area contributed by atoms with Gasteiger partial charge in [-0.05, 0) is 35.1 Å². The quantitative estimate of drug-likeness (QED) is 0.711. The van der Waals surface area contributed by atoms with Gasteiger partial charge in [-0.2, -0.15) is 0 Å². The van der Waals surface area contributed by atoms with Crippen LogP contribution in [0.3, 0.4) is 0 Å². The molecule has 2 rings (SSSR count). The van der Waals surface area contributed by atoms with Gasteiger partial charge >= 0.3 is 0 Å². The summed E-state index contributed by atoms with van der Waals surface area (Å²) < 4.78 is 0. The summed E-state index contributed by atoms with van der Waals surface area (Å²) in [5.74, 6) is 0.348. The second kappa shape index (κ2) is 9.18. The van der Waals surface area contributed by atoms with Crippen molar-refractivity contribution < 1.29 is 9.59 Å². The van der Waals surface area contributed by atoms with E-state index in [0.29, 0.717) is 11.8 Å². The van der Waals surface area contributed by atoms with Crippen molar-refractivity contribution in [2.75, 3.05) is 10.6 Å². The fraction of sp³-hybridized carbons (Fsp3) is 0.364. The van der Waals surface area contributed by atoms with Gasteiger partial charge in [0.05, 0.1) is 0 Å². The first-order valence-electron chi connectivity index (χ1n) is 9.16. The number of benzene rings is 2. The first kappa shape index (κ1) is 19.7. The van der Waals surface area contributed by atoms with Gasteiger partial charge in [-0.1, -0.05) is 64.1 Å². The molecule has 0 aliphatic carbocycles. The molecule has 2 N–H and O–H groups in total. The number of carbonyl (C=O) groups is 2. The molecule has 2 aromatic carbocycles. The standard InChI is InChI=1S/C22H28N2O2/c1-15(2)17-9-5-7-11-19(17)23-21(25)13-14-22(26)24-20-12-8-6-10-18(20)16(3)4/h5-12,15-16H,13-14H2,1-4H3,(H,23,25)(H,24,26). The van der Waals surface area contributed by atoms with Gasteiger partial charge in [0, 0.05) is 24.2 Å². The van der Waals surface area contributed by atoms with Crippen LogP contribution in [0.1, 0.15) is 63.5 Å². The minimum absolute atomic E-state index is 0.148. The summed E-state index contributed by atoms with van der Waals surface area (Å²) in [5.41, 5.74) is 3.82. The second-order valence-corrected chi connectivity index (χ2v) is 7.08. The predicted molar refractivity (Wildman–Crippen MR) is 108 cm³/mol. The van der Waals surface area contributed by atoms with Crippen molar-refractivity contribution in [3.8, 4) is 0 Å². The van der Waals surface area contributed by atoms with Crippen LogP contribution < -0.4 is 10.6 Å². The number of carbonyl (C=O) groups excluding carboxylic acids is 2. The van der Waals surface area contributed by atoms with E-state index < -0.39 is 0 Å². The first-order chi connectivity index (χ1) is 12.4. The summed E-state index contributed by atoms with van der Waals surface area (Å²) >= 11 is 0. The highest BCUT2D eigenvalue weighted by molar-refractivity contribution is 5.97. The summed E-state index contributed by atoms with van der Waals surface area (Å²) in [6.07, 6.45) is 0.310. The minimum Gasteiger partial charge on any atom is -0.326 e. The largest absolute Gasteiger partial charge is 0.326 e. The highest BCUT2D eigenvalue weighted by Crippen LogP contribution is 2.25. The van der Waals surface area contributed by atoms with E-state index in [1.807, 2.05) is 48.5 Å². The van der Waals surface area contributed by atoms with E-state index in [-0.39, 0.29) is 24.7 Å². The van der Waals surface area contributed by atoms with E-state index in [9.17, 15) is 9.59 Å². The van der Waals surface area contributed by atoms with Crippen LogP contribution in [-0.2, 0) is 9.59 Å². The fourth-order valence-electron chi connectivity index (χ4n) is 2.88. The highest BCUT2D eigenvalue weighted by atomic mass is 16.2. The molecule has 0 fully saturated rings. The van der Waals surface area contributed by atoms with Gasteiger partial charge < -0.3 is 10.6 Å². The Morgan fingerprint density at radius 3 is 1.38 bits per heavy atom. The number of amides is 2. The lowest BCUT2D eigenvalue weighted by atomic mass is 10.0. The molecule has 0 saturated heterocycles. The Morgan fingerprint density at radius 1 is 0.692 bits per heavy atom. The number of para-hydroxylation sites is 2. The lowest BCUT2D eigenvalue weighted by Crippen LogP contribution is -2.18. The molecule has 0 unspecified atom stereocenters. The number of hydrogen-bond donors (Lipinski definition) is 2. The van der Waals surface area contributed by atoms with Gasteiger partial charge in [0.15, 0.2) is 0 Å². The van der Waals surface area contributed by atoms with Gasteiger partial charge in [0.2, 0.25) is 11.8 Å². The van der Waals surface area contributed by atoms with Crippen LogP contribution in [0, 0.1) is 0 Å². The maximum Gasteiger partial charge on any atom is 0.224 e. The van der Waals surface area contributed by atoms with Crippen molar-refractivity contribution in [3.05, 3.63) is 59.7 Å². The molecule has 0 aliphatic heterocycles. The molecule has 4 nitrogen and oxygen atoms in total. The Balaban J connectivity index is 1.91. The Kier molecular flexibility index (Phi) is 6.96. The summed E-state index contributed by atoms with van der Waals surface area (Å²) in [4.78, 5) is 24.5. The molecule has 0 bridgehead atoms. The van der Waals surface area contributed by atoms with Crippen LogP contribution in [0.5, 0.6) is 0 Å². The van der Waals surface area contributed by atoms with Gasteiger partial charge in [-0.15, -0.1) is 0 Å². The molecule has 0 spiro atoms. The summed E-state index contributed by atoms with van der Waals surface area (Å²) in [7, 11) is 0. The maximum absolute atomic E-state index is 12.2. The van der Waals surface area contributed by atoms with Gasteiger partial charge in [-0.25, -0.2) is 0 Å². The van der Waals surface area contributed by atoms with E-state index in [1.54, 1.807) is 0 Å². The molecule has 0 saturated carbocycles. The maximum atomic E-state index is 12.2. The lowest BCUT2D eigenvalue weighted by molar-refractivity contribution is -0.121. The zero-order chi connectivity index (χ0) is 19.1. The van der Waals surface area contributed by atoms with Crippen molar-refractivity contribution in [1.82, 2.24) is 0 Å². The monoisotopic (exact) mass is 352 g/mol. The van der Waals surface area contributed by atoms with Gasteiger partial charge in [-0.3, -0.25) is 9.59 Å². The molecular weight excluding hydrogens is 324 g/mol. The molecule has 138 valence electrons. The van der Waals surface area contributed by atoms with Crippen LogP contribution in [0.2, 0.25) is 0 Å². The molecular formula is C22H28N2O2. The van der Waals surface area contributed by atoms with E-state index in [2.05, 4.69) is 38.3 Å². The smallest absolute Gasteiger partial charge is 0.224 e. The summed E-state index contributed by atoms with van der Waals surface area (Å²) in [6, 6.07) is 15.5. The Morgan fingerprint density at radius 2 is 1.04 bits per heavy atom. The van der Waals surface area contributed by atoms with Gasteiger partial charge in [0.25, 0.3) is 0 Å².